The Labute approximate surface area is 362 Å². The molecule has 0 fully saturated rings. The predicted octanol–water partition coefficient (Wildman–Crippen LogP) is 13.4. The summed E-state index contributed by atoms with van der Waals surface area (Å²) in [4.78, 5) is 26.1. The molecule has 294 valence electrons. The van der Waals surface area contributed by atoms with Gasteiger partial charge in [0.25, 0.3) is 0 Å². The normalized spacial score (nSPS) is 13.0. The van der Waals surface area contributed by atoms with Crippen molar-refractivity contribution < 1.29 is 9.15 Å². The molecule has 0 radical (unpaired) electrons. The van der Waals surface area contributed by atoms with Crippen molar-refractivity contribution in [2.75, 3.05) is 0 Å². The summed E-state index contributed by atoms with van der Waals surface area (Å²) in [7, 11) is 0. The zero-order valence-electron chi connectivity index (χ0n) is 33.6. The molecule has 1 aliphatic heterocycles. The second-order valence-corrected chi connectivity index (χ2v) is 15.9. The number of ether oxygens (including phenoxy) is 1. The lowest BCUT2D eigenvalue weighted by atomic mass is 9.66. The highest BCUT2D eigenvalue weighted by atomic mass is 16.5. The van der Waals surface area contributed by atoms with Crippen molar-refractivity contribution in [3.05, 3.63) is 222 Å². The molecule has 7 nitrogen and oxygen atoms in total. The Balaban J connectivity index is 1.11. The summed E-state index contributed by atoms with van der Waals surface area (Å²) in [6, 6.07) is 68.4. The second-order valence-electron chi connectivity index (χ2n) is 15.9. The third kappa shape index (κ3) is 5.30. The van der Waals surface area contributed by atoms with Crippen molar-refractivity contribution in [2.45, 2.75) is 5.41 Å². The molecular formula is C56H33N5O2. The first-order valence-electron chi connectivity index (χ1n) is 21.0. The van der Waals surface area contributed by atoms with Gasteiger partial charge < -0.3 is 9.15 Å². The lowest BCUT2D eigenvalue weighted by Gasteiger charge is -2.39. The Kier molecular flexibility index (Phi) is 7.68. The summed E-state index contributed by atoms with van der Waals surface area (Å²) in [6.07, 6.45) is 0. The summed E-state index contributed by atoms with van der Waals surface area (Å²) < 4.78 is 13.2. The molecule has 0 saturated heterocycles. The van der Waals surface area contributed by atoms with Crippen LogP contribution in [0.1, 0.15) is 22.3 Å². The third-order valence-corrected chi connectivity index (χ3v) is 12.4. The van der Waals surface area contributed by atoms with E-state index in [1.54, 1.807) is 0 Å². The first-order valence-corrected chi connectivity index (χ1v) is 21.0. The van der Waals surface area contributed by atoms with E-state index in [2.05, 4.69) is 91.0 Å². The largest absolute Gasteiger partial charge is 0.457 e. The molecule has 0 N–H and O–H groups in total. The van der Waals surface area contributed by atoms with E-state index in [4.69, 9.17) is 34.1 Å². The molecule has 0 unspecified atom stereocenters. The molecule has 4 heterocycles. The van der Waals surface area contributed by atoms with Crippen LogP contribution in [0.3, 0.4) is 0 Å². The van der Waals surface area contributed by atoms with Gasteiger partial charge in [0, 0.05) is 44.3 Å². The number of hydrogen-bond acceptors (Lipinski definition) is 7. The molecule has 11 aromatic rings. The number of rotatable bonds is 5. The smallest absolute Gasteiger partial charge is 0.180 e. The van der Waals surface area contributed by atoms with Crippen molar-refractivity contribution >= 4 is 22.1 Å². The molecule has 0 bridgehead atoms. The van der Waals surface area contributed by atoms with Crippen LogP contribution in [0.25, 0.3) is 90.0 Å². The van der Waals surface area contributed by atoms with Gasteiger partial charge in [0.2, 0.25) is 0 Å². The van der Waals surface area contributed by atoms with Gasteiger partial charge >= 0.3 is 0 Å². The standard InChI is InChI=1S/C56H33N5O2/c1-4-17-34(18-5-1)49-51-50(39-23-10-13-28-45(39)63-51)58-54(57-49)37-31-32-38-44(33-37)56(41-25-11-14-29-46(41)62-47-30-15-12-26-42(47)56)43-27-16-24-40(48(38)43)55-60-52(35-19-6-2-7-20-35)59-53(61-55)36-21-8-3-9-22-36/h1-33H. The molecule has 0 atom stereocenters. The molecule has 0 amide bonds. The van der Waals surface area contributed by atoms with E-state index in [1.165, 1.54) is 0 Å². The van der Waals surface area contributed by atoms with Crippen LogP contribution in [-0.4, -0.2) is 24.9 Å². The number of para-hydroxylation sites is 3. The van der Waals surface area contributed by atoms with Crippen LogP contribution in [0.5, 0.6) is 11.5 Å². The first-order chi connectivity index (χ1) is 31.2. The molecular weight excluding hydrogens is 775 g/mol. The quantitative estimate of drug-likeness (QED) is 0.171. The van der Waals surface area contributed by atoms with Crippen molar-refractivity contribution in [3.8, 4) is 79.4 Å². The highest BCUT2D eigenvalue weighted by Gasteiger charge is 2.52. The molecule has 1 aliphatic carbocycles. The lowest BCUT2D eigenvalue weighted by Crippen LogP contribution is -2.32. The fourth-order valence-corrected chi connectivity index (χ4v) is 9.71. The highest BCUT2D eigenvalue weighted by Crippen LogP contribution is 2.63. The van der Waals surface area contributed by atoms with Crippen LogP contribution >= 0.6 is 0 Å². The van der Waals surface area contributed by atoms with Gasteiger partial charge in [-0.25, -0.2) is 24.9 Å². The zero-order valence-corrected chi connectivity index (χ0v) is 33.6. The van der Waals surface area contributed by atoms with Gasteiger partial charge in [0.05, 0.1) is 5.41 Å². The second kappa shape index (κ2) is 13.7. The molecule has 13 rings (SSSR count). The van der Waals surface area contributed by atoms with Crippen LogP contribution < -0.4 is 4.74 Å². The number of nitrogens with zero attached hydrogens (tertiary/aromatic N) is 5. The molecule has 8 aromatic carbocycles. The Morgan fingerprint density at radius 2 is 0.921 bits per heavy atom. The van der Waals surface area contributed by atoms with Crippen molar-refractivity contribution in [3.63, 3.8) is 0 Å². The minimum atomic E-state index is -0.783. The van der Waals surface area contributed by atoms with E-state index < -0.39 is 5.41 Å². The average molecular weight is 808 g/mol. The fourth-order valence-electron chi connectivity index (χ4n) is 9.71. The van der Waals surface area contributed by atoms with E-state index in [0.29, 0.717) is 28.9 Å². The monoisotopic (exact) mass is 807 g/mol. The Morgan fingerprint density at radius 1 is 0.365 bits per heavy atom. The summed E-state index contributed by atoms with van der Waals surface area (Å²) >= 11 is 0. The zero-order chi connectivity index (χ0) is 41.5. The van der Waals surface area contributed by atoms with E-state index in [0.717, 1.165) is 94.9 Å². The maximum atomic E-state index is 6.73. The number of hydrogen-bond donors (Lipinski definition) is 0. The van der Waals surface area contributed by atoms with E-state index in [-0.39, 0.29) is 0 Å². The van der Waals surface area contributed by atoms with Gasteiger partial charge in [-0.05, 0) is 52.6 Å². The summed E-state index contributed by atoms with van der Waals surface area (Å²) in [5.74, 6) is 4.02. The van der Waals surface area contributed by atoms with Crippen molar-refractivity contribution in [1.82, 2.24) is 24.9 Å². The summed E-state index contributed by atoms with van der Waals surface area (Å²) in [6.45, 7) is 0. The van der Waals surface area contributed by atoms with Gasteiger partial charge in [-0.3, -0.25) is 0 Å². The van der Waals surface area contributed by atoms with E-state index >= 15 is 0 Å². The number of benzene rings is 8. The number of aromatic nitrogens is 5. The highest BCUT2D eigenvalue weighted by molar-refractivity contribution is 6.07. The van der Waals surface area contributed by atoms with Gasteiger partial charge in [-0.1, -0.05) is 170 Å². The molecule has 7 heteroatoms. The van der Waals surface area contributed by atoms with E-state index in [9.17, 15) is 0 Å². The Hall–Kier alpha value is -8.55. The summed E-state index contributed by atoms with van der Waals surface area (Å²) in [5, 5.41) is 0.942. The number of fused-ring (bicyclic) bond motifs is 12. The van der Waals surface area contributed by atoms with Crippen LogP contribution in [0, 0.1) is 0 Å². The van der Waals surface area contributed by atoms with E-state index in [1.807, 2.05) is 109 Å². The summed E-state index contributed by atoms with van der Waals surface area (Å²) in [5.41, 5.74) is 13.2. The molecule has 0 saturated carbocycles. The van der Waals surface area contributed by atoms with Crippen LogP contribution in [0.2, 0.25) is 0 Å². The van der Waals surface area contributed by atoms with Gasteiger partial charge in [0.1, 0.15) is 28.3 Å². The van der Waals surface area contributed by atoms with Gasteiger partial charge in [-0.15, -0.1) is 0 Å². The van der Waals surface area contributed by atoms with Gasteiger partial charge in [0.15, 0.2) is 28.9 Å². The van der Waals surface area contributed by atoms with Crippen LogP contribution in [0.4, 0.5) is 0 Å². The first kappa shape index (κ1) is 35.2. The van der Waals surface area contributed by atoms with Crippen molar-refractivity contribution in [2.24, 2.45) is 0 Å². The minimum absolute atomic E-state index is 0.591. The minimum Gasteiger partial charge on any atom is -0.457 e. The van der Waals surface area contributed by atoms with Crippen LogP contribution in [-0.2, 0) is 5.41 Å². The lowest BCUT2D eigenvalue weighted by molar-refractivity contribution is 0.436. The Morgan fingerprint density at radius 3 is 1.60 bits per heavy atom. The maximum Gasteiger partial charge on any atom is 0.180 e. The third-order valence-electron chi connectivity index (χ3n) is 12.4. The number of furan rings is 1. The average Bonchev–Trinajstić information content (AvgIpc) is 3.88. The van der Waals surface area contributed by atoms with Gasteiger partial charge in [-0.2, -0.15) is 0 Å². The molecule has 2 aliphatic rings. The fraction of sp³-hybridized carbons (Fsp3) is 0.0179. The van der Waals surface area contributed by atoms with Crippen molar-refractivity contribution in [1.29, 1.82) is 0 Å². The predicted molar refractivity (Wildman–Crippen MR) is 247 cm³/mol. The SMILES string of the molecule is c1ccc(-c2nc(-c3ccccc3)nc(-c3cccc4c3-c3ccc(-c5nc(-c6ccccc6)c6oc7ccccc7c6n5)cc3C43c4ccccc4Oc4ccccc43)n2)cc1. The molecule has 63 heavy (non-hydrogen) atoms. The Bertz CT molecular complexity index is 3500. The topological polar surface area (TPSA) is 86.8 Å². The van der Waals surface area contributed by atoms with Crippen LogP contribution in [0.15, 0.2) is 205 Å². The molecule has 3 aromatic heterocycles. The maximum absolute atomic E-state index is 6.73. The molecule has 1 spiro atoms.